The monoisotopic (exact) mass is 314 g/mol. The highest BCUT2D eigenvalue weighted by Gasteiger charge is 2.24. The van der Waals surface area contributed by atoms with E-state index in [1.165, 1.54) is 12.1 Å². The standard InChI is InChI=1S/C19H23FN2O/c1-13-8-10-21(11-9-13)19(23)18-12-14(2)22(15(18)3)17-6-4-16(20)5-7-17/h4-7,12-13H,8-11H2,1-3H3. The van der Waals surface area contributed by atoms with Crippen LogP contribution in [0.5, 0.6) is 0 Å². The van der Waals surface area contributed by atoms with E-state index in [1.54, 1.807) is 12.1 Å². The smallest absolute Gasteiger partial charge is 0.255 e. The Labute approximate surface area is 136 Å². The average molecular weight is 314 g/mol. The van der Waals surface area contributed by atoms with Crippen molar-refractivity contribution in [2.24, 2.45) is 5.92 Å². The van der Waals surface area contributed by atoms with Crippen LogP contribution >= 0.6 is 0 Å². The molecule has 1 aromatic heterocycles. The lowest BCUT2D eigenvalue weighted by atomic mass is 9.98. The summed E-state index contributed by atoms with van der Waals surface area (Å²) in [6.45, 7) is 7.84. The molecule has 0 radical (unpaired) electrons. The molecule has 0 spiro atoms. The van der Waals surface area contributed by atoms with Crippen LogP contribution in [0.2, 0.25) is 0 Å². The van der Waals surface area contributed by atoms with Crippen molar-refractivity contribution in [3.8, 4) is 5.69 Å². The van der Waals surface area contributed by atoms with Crippen molar-refractivity contribution in [3.05, 3.63) is 53.1 Å². The second-order valence-electron chi connectivity index (χ2n) is 6.57. The van der Waals surface area contributed by atoms with Gasteiger partial charge >= 0.3 is 0 Å². The predicted octanol–water partition coefficient (Wildman–Crippen LogP) is 4.11. The van der Waals surface area contributed by atoms with Crippen molar-refractivity contribution in [1.29, 1.82) is 0 Å². The van der Waals surface area contributed by atoms with Gasteiger partial charge in [0.15, 0.2) is 0 Å². The van der Waals surface area contributed by atoms with Gasteiger partial charge in [0.2, 0.25) is 0 Å². The van der Waals surface area contributed by atoms with E-state index in [2.05, 4.69) is 6.92 Å². The maximum absolute atomic E-state index is 13.1. The summed E-state index contributed by atoms with van der Waals surface area (Å²) < 4.78 is 15.2. The quantitative estimate of drug-likeness (QED) is 0.819. The van der Waals surface area contributed by atoms with Crippen molar-refractivity contribution < 1.29 is 9.18 Å². The minimum absolute atomic E-state index is 0.110. The summed E-state index contributed by atoms with van der Waals surface area (Å²) in [5.41, 5.74) is 3.54. The van der Waals surface area contributed by atoms with Crippen molar-refractivity contribution in [3.63, 3.8) is 0 Å². The van der Waals surface area contributed by atoms with E-state index in [0.717, 1.165) is 48.6 Å². The number of piperidine rings is 1. The van der Waals surface area contributed by atoms with E-state index in [9.17, 15) is 9.18 Å². The van der Waals surface area contributed by atoms with Gasteiger partial charge in [0, 0.05) is 30.2 Å². The molecule has 1 aromatic carbocycles. The number of carbonyl (C=O) groups excluding carboxylic acids is 1. The number of hydrogen-bond donors (Lipinski definition) is 0. The van der Waals surface area contributed by atoms with E-state index in [0.29, 0.717) is 5.92 Å². The molecule has 2 aromatic rings. The molecule has 0 saturated carbocycles. The molecule has 1 fully saturated rings. The van der Waals surface area contributed by atoms with Crippen LogP contribution in [0.3, 0.4) is 0 Å². The number of likely N-dealkylation sites (tertiary alicyclic amines) is 1. The number of amides is 1. The van der Waals surface area contributed by atoms with E-state index in [1.807, 2.05) is 29.4 Å². The van der Waals surface area contributed by atoms with Crippen LogP contribution in [-0.4, -0.2) is 28.5 Å². The summed E-state index contributed by atoms with van der Waals surface area (Å²) in [5, 5.41) is 0. The van der Waals surface area contributed by atoms with E-state index >= 15 is 0 Å². The molecule has 23 heavy (non-hydrogen) atoms. The summed E-state index contributed by atoms with van der Waals surface area (Å²) in [4.78, 5) is 14.8. The number of nitrogens with zero attached hydrogens (tertiary/aromatic N) is 2. The molecule has 0 N–H and O–H groups in total. The second-order valence-corrected chi connectivity index (χ2v) is 6.57. The molecule has 1 aliphatic heterocycles. The van der Waals surface area contributed by atoms with Gasteiger partial charge in [-0.25, -0.2) is 4.39 Å². The molecule has 3 nitrogen and oxygen atoms in total. The Hall–Kier alpha value is -2.10. The average Bonchev–Trinajstić information content (AvgIpc) is 2.83. The fourth-order valence-corrected chi connectivity index (χ4v) is 3.35. The van der Waals surface area contributed by atoms with Gasteiger partial charge in [-0.15, -0.1) is 0 Å². The van der Waals surface area contributed by atoms with Crippen LogP contribution in [-0.2, 0) is 0 Å². The molecule has 2 heterocycles. The lowest BCUT2D eigenvalue weighted by Crippen LogP contribution is -2.38. The number of carbonyl (C=O) groups is 1. The molecule has 0 aliphatic carbocycles. The Morgan fingerprint density at radius 3 is 2.35 bits per heavy atom. The third kappa shape index (κ3) is 3.03. The first-order chi connectivity index (χ1) is 11.0. The van der Waals surface area contributed by atoms with Crippen molar-refractivity contribution in [2.45, 2.75) is 33.6 Å². The molecule has 3 rings (SSSR count). The molecular weight excluding hydrogens is 291 g/mol. The van der Waals surface area contributed by atoms with Gasteiger partial charge < -0.3 is 9.47 Å². The summed E-state index contributed by atoms with van der Waals surface area (Å²) in [5.74, 6) is 0.555. The second kappa shape index (κ2) is 6.19. The first kappa shape index (κ1) is 15.8. The third-order valence-corrected chi connectivity index (χ3v) is 4.82. The van der Waals surface area contributed by atoms with Gasteiger partial charge in [-0.2, -0.15) is 0 Å². The zero-order valence-electron chi connectivity index (χ0n) is 14.0. The Balaban J connectivity index is 1.91. The maximum Gasteiger partial charge on any atom is 0.255 e. The van der Waals surface area contributed by atoms with Gasteiger partial charge in [0.25, 0.3) is 5.91 Å². The SMILES string of the molecule is Cc1cc(C(=O)N2CCC(C)CC2)c(C)n1-c1ccc(F)cc1. The first-order valence-electron chi connectivity index (χ1n) is 8.21. The van der Waals surface area contributed by atoms with Crippen molar-refractivity contribution in [2.75, 3.05) is 13.1 Å². The van der Waals surface area contributed by atoms with Crippen LogP contribution in [0.4, 0.5) is 4.39 Å². The largest absolute Gasteiger partial charge is 0.339 e. The lowest BCUT2D eigenvalue weighted by molar-refractivity contribution is 0.0696. The Morgan fingerprint density at radius 1 is 1.13 bits per heavy atom. The number of benzene rings is 1. The highest BCUT2D eigenvalue weighted by molar-refractivity contribution is 5.96. The first-order valence-corrected chi connectivity index (χ1v) is 8.21. The molecule has 1 amide bonds. The minimum atomic E-state index is -0.255. The molecular formula is C19H23FN2O. The molecule has 1 aliphatic rings. The highest BCUT2D eigenvalue weighted by atomic mass is 19.1. The number of aromatic nitrogens is 1. The topological polar surface area (TPSA) is 25.2 Å². The Morgan fingerprint density at radius 2 is 1.74 bits per heavy atom. The van der Waals surface area contributed by atoms with Gasteiger partial charge in [0.1, 0.15) is 5.82 Å². The number of hydrogen-bond acceptors (Lipinski definition) is 1. The Kier molecular flexibility index (Phi) is 4.24. The number of rotatable bonds is 2. The summed E-state index contributed by atoms with van der Waals surface area (Å²) in [6.07, 6.45) is 2.14. The number of halogens is 1. The van der Waals surface area contributed by atoms with E-state index < -0.39 is 0 Å². The van der Waals surface area contributed by atoms with Crippen molar-refractivity contribution >= 4 is 5.91 Å². The van der Waals surface area contributed by atoms with Gasteiger partial charge in [-0.1, -0.05) is 6.92 Å². The summed E-state index contributed by atoms with van der Waals surface area (Å²) in [7, 11) is 0. The summed E-state index contributed by atoms with van der Waals surface area (Å²) >= 11 is 0. The number of aryl methyl sites for hydroxylation is 1. The highest BCUT2D eigenvalue weighted by Crippen LogP contribution is 2.24. The van der Waals surface area contributed by atoms with Crippen LogP contribution in [0.15, 0.2) is 30.3 Å². The van der Waals surface area contributed by atoms with Crippen LogP contribution in [0.1, 0.15) is 41.5 Å². The van der Waals surface area contributed by atoms with E-state index in [-0.39, 0.29) is 11.7 Å². The lowest BCUT2D eigenvalue weighted by Gasteiger charge is -2.30. The van der Waals surface area contributed by atoms with Crippen LogP contribution < -0.4 is 0 Å². The van der Waals surface area contributed by atoms with Crippen LogP contribution in [0.25, 0.3) is 5.69 Å². The fraction of sp³-hybridized carbons (Fsp3) is 0.421. The molecule has 0 bridgehead atoms. The zero-order valence-corrected chi connectivity index (χ0v) is 14.0. The molecule has 122 valence electrons. The summed E-state index contributed by atoms with van der Waals surface area (Å²) in [6, 6.07) is 8.32. The predicted molar refractivity (Wildman–Crippen MR) is 89.5 cm³/mol. The molecule has 0 atom stereocenters. The fourth-order valence-electron chi connectivity index (χ4n) is 3.35. The van der Waals surface area contributed by atoms with Crippen molar-refractivity contribution in [1.82, 2.24) is 9.47 Å². The molecule has 4 heteroatoms. The molecule has 0 unspecified atom stereocenters. The van der Waals surface area contributed by atoms with Crippen LogP contribution in [0, 0.1) is 25.6 Å². The third-order valence-electron chi connectivity index (χ3n) is 4.82. The van der Waals surface area contributed by atoms with E-state index in [4.69, 9.17) is 0 Å². The van der Waals surface area contributed by atoms with Gasteiger partial charge in [-0.05, 0) is 62.9 Å². The van der Waals surface area contributed by atoms with Gasteiger partial charge in [0.05, 0.1) is 5.56 Å². The zero-order chi connectivity index (χ0) is 16.6. The Bertz CT molecular complexity index is 710. The minimum Gasteiger partial charge on any atom is -0.339 e. The maximum atomic E-state index is 13.1. The molecule has 1 saturated heterocycles. The van der Waals surface area contributed by atoms with Gasteiger partial charge in [-0.3, -0.25) is 4.79 Å². The normalized spacial score (nSPS) is 15.9.